The van der Waals surface area contributed by atoms with Gasteiger partial charge in [-0.15, -0.1) is 0 Å². The zero-order valence-corrected chi connectivity index (χ0v) is 8.70. The van der Waals surface area contributed by atoms with Crippen molar-refractivity contribution in [3.8, 4) is 0 Å². The molecule has 1 atom stereocenters. The third-order valence-electron chi connectivity index (χ3n) is 1.56. The van der Waals surface area contributed by atoms with Crippen molar-refractivity contribution in [1.82, 2.24) is 5.32 Å². The van der Waals surface area contributed by atoms with E-state index in [0.29, 0.717) is 6.54 Å². The molecule has 0 spiro atoms. The smallest absolute Gasteiger partial charge is 0.321 e. The van der Waals surface area contributed by atoms with Crippen molar-refractivity contribution in [1.29, 1.82) is 0 Å². The summed E-state index contributed by atoms with van der Waals surface area (Å²) in [4.78, 5) is 21.0. The van der Waals surface area contributed by atoms with Crippen LogP contribution in [0.25, 0.3) is 0 Å². The van der Waals surface area contributed by atoms with E-state index in [1.807, 2.05) is 20.8 Å². The fourth-order valence-electron chi connectivity index (χ4n) is 0.851. The van der Waals surface area contributed by atoms with E-state index in [0.717, 1.165) is 0 Å². The molecule has 82 valence electrons. The second-order valence-corrected chi connectivity index (χ2v) is 4.43. The summed E-state index contributed by atoms with van der Waals surface area (Å²) >= 11 is 0. The van der Waals surface area contributed by atoms with Gasteiger partial charge < -0.3 is 15.5 Å². The number of aliphatic carboxylic acids is 2. The van der Waals surface area contributed by atoms with Crippen molar-refractivity contribution < 1.29 is 19.8 Å². The Morgan fingerprint density at radius 1 is 1.29 bits per heavy atom. The van der Waals surface area contributed by atoms with Crippen molar-refractivity contribution in [3.05, 3.63) is 0 Å². The van der Waals surface area contributed by atoms with Crippen LogP contribution in [-0.4, -0.2) is 34.7 Å². The molecule has 5 heteroatoms. The molecule has 0 saturated carbocycles. The van der Waals surface area contributed by atoms with Crippen LogP contribution in [0.4, 0.5) is 0 Å². The van der Waals surface area contributed by atoms with Gasteiger partial charge in [-0.05, 0) is 5.41 Å². The number of hydrogen-bond acceptors (Lipinski definition) is 3. The van der Waals surface area contributed by atoms with Crippen LogP contribution in [-0.2, 0) is 9.59 Å². The maximum atomic E-state index is 10.6. The summed E-state index contributed by atoms with van der Waals surface area (Å²) in [6, 6.07) is -1.01. The lowest BCUT2D eigenvalue weighted by Crippen LogP contribution is -2.42. The molecule has 0 amide bonds. The number of nitrogens with one attached hydrogen (secondary N) is 1. The second-order valence-electron chi connectivity index (χ2n) is 4.43. The first-order valence-electron chi connectivity index (χ1n) is 4.40. The highest BCUT2D eigenvalue weighted by atomic mass is 16.4. The van der Waals surface area contributed by atoms with Gasteiger partial charge in [0.15, 0.2) is 0 Å². The van der Waals surface area contributed by atoms with Crippen LogP contribution < -0.4 is 5.32 Å². The summed E-state index contributed by atoms with van der Waals surface area (Å²) in [6.07, 6.45) is -0.397. The molecular weight excluding hydrogens is 186 g/mol. The van der Waals surface area contributed by atoms with E-state index in [4.69, 9.17) is 10.2 Å². The highest BCUT2D eigenvalue weighted by Crippen LogP contribution is 2.11. The largest absolute Gasteiger partial charge is 0.481 e. The van der Waals surface area contributed by atoms with E-state index >= 15 is 0 Å². The fraction of sp³-hybridized carbons (Fsp3) is 0.778. The molecule has 1 unspecified atom stereocenters. The van der Waals surface area contributed by atoms with Gasteiger partial charge in [-0.1, -0.05) is 20.8 Å². The highest BCUT2D eigenvalue weighted by molar-refractivity contribution is 5.80. The number of rotatable bonds is 5. The lowest BCUT2D eigenvalue weighted by Gasteiger charge is -2.21. The molecule has 0 rings (SSSR count). The monoisotopic (exact) mass is 203 g/mol. The molecule has 0 heterocycles. The van der Waals surface area contributed by atoms with E-state index in [1.54, 1.807) is 0 Å². The second kappa shape index (κ2) is 4.95. The maximum Gasteiger partial charge on any atom is 0.321 e. The Morgan fingerprint density at radius 2 is 1.79 bits per heavy atom. The molecule has 0 aromatic heterocycles. The van der Waals surface area contributed by atoms with E-state index in [2.05, 4.69) is 5.32 Å². The van der Waals surface area contributed by atoms with Gasteiger partial charge in [-0.2, -0.15) is 0 Å². The number of carbonyl (C=O) groups is 2. The molecule has 5 nitrogen and oxygen atoms in total. The molecule has 0 bridgehead atoms. The summed E-state index contributed by atoms with van der Waals surface area (Å²) in [5.74, 6) is -2.24. The van der Waals surface area contributed by atoms with E-state index in [9.17, 15) is 9.59 Å². The van der Waals surface area contributed by atoms with Crippen LogP contribution in [0.5, 0.6) is 0 Å². The third kappa shape index (κ3) is 6.42. The van der Waals surface area contributed by atoms with Gasteiger partial charge in [0, 0.05) is 6.54 Å². The molecule has 14 heavy (non-hydrogen) atoms. The first-order chi connectivity index (χ1) is 6.22. The molecule has 0 saturated heterocycles. The quantitative estimate of drug-likeness (QED) is 0.607. The van der Waals surface area contributed by atoms with Crippen LogP contribution >= 0.6 is 0 Å². The Kier molecular flexibility index (Phi) is 4.56. The normalized spacial score (nSPS) is 13.6. The summed E-state index contributed by atoms with van der Waals surface area (Å²) < 4.78 is 0. The molecule has 0 aliphatic rings. The highest BCUT2D eigenvalue weighted by Gasteiger charge is 2.22. The first-order valence-corrected chi connectivity index (χ1v) is 4.40. The summed E-state index contributed by atoms with van der Waals surface area (Å²) in [5, 5.41) is 19.9. The zero-order valence-electron chi connectivity index (χ0n) is 8.70. The van der Waals surface area contributed by atoms with Crippen molar-refractivity contribution in [2.45, 2.75) is 33.2 Å². The van der Waals surface area contributed by atoms with Gasteiger partial charge in [-0.25, -0.2) is 0 Å². The molecular formula is C9H17NO4. The average molecular weight is 203 g/mol. The molecule has 0 fully saturated rings. The predicted octanol–water partition coefficient (Wildman–Crippen LogP) is 0.550. The lowest BCUT2D eigenvalue weighted by atomic mass is 9.96. The Bertz CT molecular complexity index is 219. The lowest BCUT2D eigenvalue weighted by molar-refractivity contribution is -0.146. The summed E-state index contributed by atoms with van der Waals surface area (Å²) in [7, 11) is 0. The van der Waals surface area contributed by atoms with E-state index in [-0.39, 0.29) is 5.41 Å². The summed E-state index contributed by atoms with van der Waals surface area (Å²) in [5.41, 5.74) is -0.0633. The Labute approximate surface area is 83.1 Å². The van der Waals surface area contributed by atoms with Gasteiger partial charge in [-0.3, -0.25) is 9.59 Å². The minimum Gasteiger partial charge on any atom is -0.481 e. The van der Waals surface area contributed by atoms with Gasteiger partial charge in [0.2, 0.25) is 0 Å². The Balaban J connectivity index is 4.11. The van der Waals surface area contributed by atoms with Gasteiger partial charge in [0.1, 0.15) is 6.04 Å². The molecule has 0 aromatic carbocycles. The van der Waals surface area contributed by atoms with Crippen molar-refractivity contribution in [2.24, 2.45) is 5.41 Å². The topological polar surface area (TPSA) is 86.6 Å². The average Bonchev–Trinajstić information content (AvgIpc) is 1.94. The van der Waals surface area contributed by atoms with Gasteiger partial charge in [0.25, 0.3) is 0 Å². The SMILES string of the molecule is CC(C)(C)CNC(CC(=O)O)C(=O)O. The molecule has 0 radical (unpaired) electrons. The number of hydrogen-bond donors (Lipinski definition) is 3. The minimum absolute atomic E-state index is 0.0633. The molecule has 0 aromatic rings. The van der Waals surface area contributed by atoms with Crippen LogP contribution in [0.2, 0.25) is 0 Å². The third-order valence-corrected chi connectivity index (χ3v) is 1.56. The minimum atomic E-state index is -1.13. The molecule has 0 aliphatic carbocycles. The van der Waals surface area contributed by atoms with Crippen LogP contribution in [0.1, 0.15) is 27.2 Å². The van der Waals surface area contributed by atoms with Crippen molar-refractivity contribution in [2.75, 3.05) is 6.54 Å². The van der Waals surface area contributed by atoms with Crippen molar-refractivity contribution >= 4 is 11.9 Å². The standard InChI is InChI=1S/C9H17NO4/c1-9(2,3)5-10-6(8(13)14)4-7(11)12/h6,10H,4-5H2,1-3H3,(H,11,12)(H,13,14). The Morgan fingerprint density at radius 3 is 2.07 bits per heavy atom. The maximum absolute atomic E-state index is 10.6. The van der Waals surface area contributed by atoms with Crippen LogP contribution in [0.15, 0.2) is 0 Å². The first kappa shape index (κ1) is 12.9. The van der Waals surface area contributed by atoms with Crippen LogP contribution in [0.3, 0.4) is 0 Å². The summed E-state index contributed by atoms with van der Waals surface area (Å²) in [6.45, 7) is 6.30. The van der Waals surface area contributed by atoms with E-state index in [1.165, 1.54) is 0 Å². The number of carboxylic acid groups (broad SMARTS) is 2. The molecule has 0 aliphatic heterocycles. The van der Waals surface area contributed by atoms with Crippen LogP contribution in [0, 0.1) is 5.41 Å². The predicted molar refractivity (Wildman–Crippen MR) is 51.1 cm³/mol. The number of carboxylic acids is 2. The van der Waals surface area contributed by atoms with Crippen molar-refractivity contribution in [3.63, 3.8) is 0 Å². The molecule has 3 N–H and O–H groups in total. The van der Waals surface area contributed by atoms with Gasteiger partial charge >= 0.3 is 11.9 Å². The fourth-order valence-corrected chi connectivity index (χ4v) is 0.851. The van der Waals surface area contributed by atoms with Gasteiger partial charge in [0.05, 0.1) is 6.42 Å². The van der Waals surface area contributed by atoms with E-state index < -0.39 is 24.4 Å². The Hall–Kier alpha value is -1.10. The zero-order chi connectivity index (χ0) is 11.4.